The predicted molar refractivity (Wildman–Crippen MR) is 121 cm³/mol. The molecule has 8 nitrogen and oxygen atoms in total. The molecule has 0 radical (unpaired) electrons. The molecule has 9 heteroatoms. The first-order valence-corrected chi connectivity index (χ1v) is 12.1. The van der Waals surface area contributed by atoms with E-state index in [4.69, 9.17) is 0 Å². The zero-order chi connectivity index (χ0) is 22.0. The second kappa shape index (κ2) is 8.76. The summed E-state index contributed by atoms with van der Waals surface area (Å²) in [5.74, 6) is 0.645. The predicted octanol–water partition coefficient (Wildman–Crippen LogP) is 2.10. The lowest BCUT2D eigenvalue weighted by atomic mass is 10.2. The van der Waals surface area contributed by atoms with Crippen LogP contribution in [-0.4, -0.2) is 53.4 Å². The summed E-state index contributed by atoms with van der Waals surface area (Å²) in [7, 11) is -3.42. The molecule has 0 aliphatic carbocycles. The first kappa shape index (κ1) is 21.5. The van der Waals surface area contributed by atoms with E-state index in [0.29, 0.717) is 49.6 Å². The number of benzene rings is 1. The number of piperazine rings is 1. The van der Waals surface area contributed by atoms with Gasteiger partial charge < -0.3 is 9.47 Å². The van der Waals surface area contributed by atoms with Crippen LogP contribution in [0.25, 0.3) is 11.0 Å². The van der Waals surface area contributed by atoms with Gasteiger partial charge in [0.15, 0.2) is 5.82 Å². The number of rotatable bonds is 6. The van der Waals surface area contributed by atoms with E-state index < -0.39 is 10.0 Å². The zero-order valence-electron chi connectivity index (χ0n) is 17.8. The molecular weight excluding hydrogens is 414 g/mol. The molecule has 0 unspecified atom stereocenters. The van der Waals surface area contributed by atoms with E-state index in [1.165, 1.54) is 4.31 Å². The van der Waals surface area contributed by atoms with Crippen LogP contribution in [0, 0.1) is 5.92 Å². The molecular formula is C22H27N5O3S. The Hall–Kier alpha value is -2.78. The highest BCUT2D eigenvalue weighted by atomic mass is 32.2. The Labute approximate surface area is 182 Å². The minimum Gasteiger partial charge on any atom is -0.349 e. The molecule has 1 aliphatic rings. The lowest BCUT2D eigenvalue weighted by molar-refractivity contribution is 0.382. The number of nitrogens with zero attached hydrogens (tertiary/aromatic N) is 5. The molecule has 1 fully saturated rings. The summed E-state index contributed by atoms with van der Waals surface area (Å²) in [6.45, 7) is 6.20. The zero-order valence-corrected chi connectivity index (χ0v) is 18.6. The minimum absolute atomic E-state index is 0.0176. The second-order valence-electron chi connectivity index (χ2n) is 8.24. The molecule has 4 rings (SSSR count). The van der Waals surface area contributed by atoms with Gasteiger partial charge in [0, 0.05) is 38.9 Å². The monoisotopic (exact) mass is 441 g/mol. The molecule has 0 bridgehead atoms. The normalized spacial score (nSPS) is 15.6. The quantitative estimate of drug-likeness (QED) is 0.582. The molecule has 0 atom stereocenters. The van der Waals surface area contributed by atoms with Gasteiger partial charge in [-0.25, -0.2) is 13.4 Å². The Morgan fingerprint density at radius 1 is 1.03 bits per heavy atom. The third-order valence-electron chi connectivity index (χ3n) is 5.40. The van der Waals surface area contributed by atoms with Crippen molar-refractivity contribution in [1.29, 1.82) is 0 Å². The molecule has 1 aliphatic heterocycles. The highest BCUT2D eigenvalue weighted by Gasteiger charge is 2.29. The van der Waals surface area contributed by atoms with Crippen LogP contribution in [-0.2, 0) is 22.3 Å². The number of aromatic nitrogens is 3. The number of hydrogen-bond acceptors (Lipinski definition) is 6. The number of fused-ring (bicyclic) bond motifs is 1. The van der Waals surface area contributed by atoms with Gasteiger partial charge in [-0.1, -0.05) is 44.2 Å². The third-order valence-corrected chi connectivity index (χ3v) is 7.25. The fourth-order valence-corrected chi connectivity index (χ4v) is 5.40. The number of pyridine rings is 1. The average molecular weight is 442 g/mol. The number of hydrogen-bond donors (Lipinski definition) is 0. The van der Waals surface area contributed by atoms with Crippen molar-refractivity contribution in [2.45, 2.75) is 26.1 Å². The smallest absolute Gasteiger partial charge is 0.294 e. The SMILES string of the molecule is CC(C)Cn1c(=O)c(N2CCN(S(=O)(=O)Cc3ccccc3)CC2)nc2ccncc21. The van der Waals surface area contributed by atoms with Gasteiger partial charge in [0.1, 0.15) is 0 Å². The molecule has 3 heterocycles. The fraction of sp³-hybridized carbons (Fsp3) is 0.409. The number of sulfonamides is 1. The van der Waals surface area contributed by atoms with Crippen LogP contribution in [0.3, 0.4) is 0 Å². The van der Waals surface area contributed by atoms with E-state index in [2.05, 4.69) is 23.8 Å². The summed E-state index contributed by atoms with van der Waals surface area (Å²) in [5.41, 5.74) is 2.04. The van der Waals surface area contributed by atoms with Crippen LogP contribution < -0.4 is 10.5 Å². The van der Waals surface area contributed by atoms with E-state index >= 15 is 0 Å². The van der Waals surface area contributed by atoms with Crippen molar-refractivity contribution in [3.05, 3.63) is 64.7 Å². The molecule has 0 saturated carbocycles. The van der Waals surface area contributed by atoms with Crippen LogP contribution in [0.2, 0.25) is 0 Å². The Morgan fingerprint density at radius 2 is 1.74 bits per heavy atom. The van der Waals surface area contributed by atoms with Crippen LogP contribution in [0.4, 0.5) is 5.82 Å². The lowest BCUT2D eigenvalue weighted by Crippen LogP contribution is -2.50. The Balaban J connectivity index is 1.56. The first-order valence-electron chi connectivity index (χ1n) is 10.5. The second-order valence-corrected chi connectivity index (χ2v) is 10.2. The average Bonchev–Trinajstić information content (AvgIpc) is 2.76. The third kappa shape index (κ3) is 4.62. The molecule has 1 saturated heterocycles. The summed E-state index contributed by atoms with van der Waals surface area (Å²) in [5, 5.41) is 0. The minimum atomic E-state index is -3.42. The van der Waals surface area contributed by atoms with Crippen molar-refractivity contribution in [2.75, 3.05) is 31.1 Å². The maximum absolute atomic E-state index is 13.2. The van der Waals surface area contributed by atoms with E-state index in [1.807, 2.05) is 35.2 Å². The molecule has 0 amide bonds. The highest BCUT2D eigenvalue weighted by molar-refractivity contribution is 7.88. The van der Waals surface area contributed by atoms with E-state index in [0.717, 1.165) is 5.56 Å². The maximum Gasteiger partial charge on any atom is 0.294 e. The summed E-state index contributed by atoms with van der Waals surface area (Å²) >= 11 is 0. The summed E-state index contributed by atoms with van der Waals surface area (Å²) in [4.78, 5) is 23.9. The molecule has 1 aromatic carbocycles. The lowest BCUT2D eigenvalue weighted by Gasteiger charge is -2.34. The van der Waals surface area contributed by atoms with Crippen molar-refractivity contribution in [1.82, 2.24) is 18.8 Å². The standard InChI is InChI=1S/C22H27N5O3S/c1-17(2)15-27-20-14-23-9-8-19(20)24-21(22(27)28)25-10-12-26(13-11-25)31(29,30)16-18-6-4-3-5-7-18/h3-9,14,17H,10-13,15-16H2,1-2H3. The van der Waals surface area contributed by atoms with Gasteiger partial charge in [-0.3, -0.25) is 9.78 Å². The summed E-state index contributed by atoms with van der Waals surface area (Å²) < 4.78 is 28.9. The van der Waals surface area contributed by atoms with Crippen molar-refractivity contribution in [3.8, 4) is 0 Å². The van der Waals surface area contributed by atoms with Crippen molar-refractivity contribution < 1.29 is 8.42 Å². The molecule has 2 aromatic heterocycles. The largest absolute Gasteiger partial charge is 0.349 e. The van der Waals surface area contributed by atoms with Gasteiger partial charge in [-0.2, -0.15) is 4.31 Å². The van der Waals surface area contributed by atoms with E-state index in [-0.39, 0.29) is 17.2 Å². The maximum atomic E-state index is 13.2. The van der Waals surface area contributed by atoms with E-state index in [9.17, 15) is 13.2 Å². The Kier molecular flexibility index (Phi) is 6.06. The summed E-state index contributed by atoms with van der Waals surface area (Å²) in [6, 6.07) is 11.0. The van der Waals surface area contributed by atoms with Crippen LogP contribution in [0.1, 0.15) is 19.4 Å². The molecule has 164 valence electrons. The topological polar surface area (TPSA) is 88.4 Å². The van der Waals surface area contributed by atoms with E-state index in [1.54, 1.807) is 23.0 Å². The van der Waals surface area contributed by atoms with Gasteiger partial charge in [0.05, 0.1) is 23.0 Å². The highest BCUT2D eigenvalue weighted by Crippen LogP contribution is 2.18. The molecule has 31 heavy (non-hydrogen) atoms. The van der Waals surface area contributed by atoms with Gasteiger partial charge in [-0.15, -0.1) is 0 Å². The van der Waals surface area contributed by atoms with Crippen LogP contribution in [0.5, 0.6) is 0 Å². The van der Waals surface area contributed by atoms with Crippen molar-refractivity contribution in [3.63, 3.8) is 0 Å². The van der Waals surface area contributed by atoms with Crippen LogP contribution in [0.15, 0.2) is 53.6 Å². The van der Waals surface area contributed by atoms with Gasteiger partial charge >= 0.3 is 0 Å². The van der Waals surface area contributed by atoms with Crippen molar-refractivity contribution >= 4 is 26.9 Å². The molecule has 0 spiro atoms. The first-order chi connectivity index (χ1) is 14.8. The van der Waals surface area contributed by atoms with Crippen LogP contribution >= 0.6 is 0 Å². The van der Waals surface area contributed by atoms with Gasteiger partial charge in [0.25, 0.3) is 5.56 Å². The summed E-state index contributed by atoms with van der Waals surface area (Å²) in [6.07, 6.45) is 3.33. The van der Waals surface area contributed by atoms with Gasteiger partial charge in [-0.05, 0) is 17.5 Å². The Morgan fingerprint density at radius 3 is 2.42 bits per heavy atom. The molecule has 3 aromatic rings. The van der Waals surface area contributed by atoms with Crippen molar-refractivity contribution in [2.24, 2.45) is 5.92 Å². The van der Waals surface area contributed by atoms with Gasteiger partial charge in [0.2, 0.25) is 10.0 Å². The Bertz CT molecular complexity index is 1220. The fourth-order valence-electron chi connectivity index (χ4n) is 3.88. The number of anilines is 1. The molecule has 0 N–H and O–H groups in total.